The number of amides is 2. The second-order valence-electron chi connectivity index (χ2n) is 6.89. The lowest BCUT2D eigenvalue weighted by Gasteiger charge is -2.25. The molecule has 0 saturated carbocycles. The van der Waals surface area contributed by atoms with Gasteiger partial charge in [-0.3, -0.25) is 4.68 Å². The number of hydrogen-bond acceptors (Lipinski definition) is 4. The molecule has 1 aromatic carbocycles. The SMILES string of the molecule is CC(C)C(NC(=O)N(C)Cc1ccc(-n2cccn2)cc1)c1ncnn1C. The standard InChI is InChI=1S/C19H25N7O/c1-14(2)17(18-20-13-22-25(18)4)23-19(27)24(3)12-15-6-8-16(9-7-15)26-11-5-10-21-26/h5-11,13-14,17H,12H2,1-4H3,(H,23,27). The number of urea groups is 1. The molecule has 1 unspecified atom stereocenters. The lowest BCUT2D eigenvalue weighted by Crippen LogP contribution is -2.41. The third-order valence-electron chi connectivity index (χ3n) is 4.44. The van der Waals surface area contributed by atoms with E-state index in [9.17, 15) is 4.79 Å². The quantitative estimate of drug-likeness (QED) is 0.726. The van der Waals surface area contributed by atoms with Crippen LogP contribution in [0.5, 0.6) is 0 Å². The van der Waals surface area contributed by atoms with Crippen LogP contribution in [0.15, 0.2) is 49.1 Å². The van der Waals surface area contributed by atoms with Crippen molar-refractivity contribution in [1.29, 1.82) is 0 Å². The summed E-state index contributed by atoms with van der Waals surface area (Å²) in [5.74, 6) is 0.939. The fraction of sp³-hybridized carbons (Fsp3) is 0.368. The number of aryl methyl sites for hydroxylation is 1. The van der Waals surface area contributed by atoms with Crippen molar-refractivity contribution in [2.24, 2.45) is 13.0 Å². The highest BCUT2D eigenvalue weighted by Crippen LogP contribution is 2.19. The molecule has 2 amide bonds. The highest BCUT2D eigenvalue weighted by atomic mass is 16.2. The van der Waals surface area contributed by atoms with Crippen LogP contribution in [0.1, 0.15) is 31.3 Å². The summed E-state index contributed by atoms with van der Waals surface area (Å²) in [7, 11) is 3.61. The summed E-state index contributed by atoms with van der Waals surface area (Å²) in [5, 5.41) is 11.4. The van der Waals surface area contributed by atoms with Crippen LogP contribution in [0.4, 0.5) is 4.79 Å². The van der Waals surface area contributed by atoms with Gasteiger partial charge in [0.05, 0.1) is 11.7 Å². The first-order chi connectivity index (χ1) is 13.0. The van der Waals surface area contributed by atoms with Gasteiger partial charge in [0, 0.05) is 33.0 Å². The van der Waals surface area contributed by atoms with E-state index in [1.807, 2.05) is 57.4 Å². The van der Waals surface area contributed by atoms with E-state index in [-0.39, 0.29) is 18.0 Å². The van der Waals surface area contributed by atoms with Gasteiger partial charge in [-0.1, -0.05) is 26.0 Å². The van der Waals surface area contributed by atoms with Crippen LogP contribution in [0.3, 0.4) is 0 Å². The molecule has 142 valence electrons. The van der Waals surface area contributed by atoms with E-state index in [1.165, 1.54) is 6.33 Å². The van der Waals surface area contributed by atoms with E-state index in [0.717, 1.165) is 17.1 Å². The molecule has 1 N–H and O–H groups in total. The minimum Gasteiger partial charge on any atom is -0.328 e. The van der Waals surface area contributed by atoms with Gasteiger partial charge in [-0.25, -0.2) is 14.5 Å². The zero-order chi connectivity index (χ0) is 19.4. The van der Waals surface area contributed by atoms with Gasteiger partial charge in [-0.15, -0.1) is 0 Å². The lowest BCUT2D eigenvalue weighted by molar-refractivity contribution is 0.197. The van der Waals surface area contributed by atoms with Crippen LogP contribution >= 0.6 is 0 Å². The molecule has 27 heavy (non-hydrogen) atoms. The van der Waals surface area contributed by atoms with E-state index in [2.05, 4.69) is 20.5 Å². The Morgan fingerprint density at radius 2 is 1.96 bits per heavy atom. The number of carbonyl (C=O) groups is 1. The maximum atomic E-state index is 12.7. The smallest absolute Gasteiger partial charge is 0.318 e. The Kier molecular flexibility index (Phi) is 5.54. The average Bonchev–Trinajstić information content (AvgIpc) is 3.32. The molecular formula is C19H25N7O. The summed E-state index contributed by atoms with van der Waals surface area (Å²) < 4.78 is 3.49. The molecule has 2 heterocycles. The largest absolute Gasteiger partial charge is 0.328 e. The van der Waals surface area contributed by atoms with Gasteiger partial charge in [-0.2, -0.15) is 10.2 Å². The normalized spacial score (nSPS) is 12.2. The van der Waals surface area contributed by atoms with Gasteiger partial charge in [0.1, 0.15) is 12.2 Å². The highest BCUT2D eigenvalue weighted by molar-refractivity contribution is 5.74. The first-order valence-electron chi connectivity index (χ1n) is 8.90. The number of hydrogen-bond donors (Lipinski definition) is 1. The van der Waals surface area contributed by atoms with Gasteiger partial charge >= 0.3 is 6.03 Å². The number of benzene rings is 1. The minimum absolute atomic E-state index is 0.146. The highest BCUT2D eigenvalue weighted by Gasteiger charge is 2.24. The van der Waals surface area contributed by atoms with Crippen molar-refractivity contribution in [2.45, 2.75) is 26.4 Å². The molecule has 0 saturated heterocycles. The van der Waals surface area contributed by atoms with E-state index < -0.39 is 0 Å². The van der Waals surface area contributed by atoms with Gasteiger partial charge in [-0.05, 0) is 29.7 Å². The molecule has 0 aliphatic heterocycles. The summed E-state index contributed by atoms with van der Waals surface area (Å²) in [6.07, 6.45) is 5.14. The summed E-state index contributed by atoms with van der Waals surface area (Å²) in [5.41, 5.74) is 2.03. The Balaban J connectivity index is 1.64. The van der Waals surface area contributed by atoms with Gasteiger partial charge in [0.15, 0.2) is 0 Å². The fourth-order valence-electron chi connectivity index (χ4n) is 2.88. The summed E-state index contributed by atoms with van der Waals surface area (Å²) in [6, 6.07) is 9.53. The van der Waals surface area contributed by atoms with Crippen molar-refractivity contribution < 1.29 is 4.79 Å². The molecule has 0 aliphatic carbocycles. The van der Waals surface area contributed by atoms with Crippen molar-refractivity contribution in [3.8, 4) is 5.69 Å². The Morgan fingerprint density at radius 1 is 1.22 bits per heavy atom. The van der Waals surface area contributed by atoms with Crippen LogP contribution in [0.25, 0.3) is 5.69 Å². The molecule has 1 atom stereocenters. The van der Waals surface area contributed by atoms with E-state index in [1.54, 1.807) is 27.5 Å². The first-order valence-corrected chi connectivity index (χ1v) is 8.90. The molecule has 2 aromatic heterocycles. The van der Waals surface area contributed by atoms with Gasteiger partial charge in [0.2, 0.25) is 0 Å². The molecule has 0 aliphatic rings. The Bertz CT molecular complexity index is 868. The predicted molar refractivity (Wildman–Crippen MR) is 102 cm³/mol. The van der Waals surface area contributed by atoms with Crippen LogP contribution in [-0.4, -0.2) is 42.5 Å². The van der Waals surface area contributed by atoms with Crippen LogP contribution in [0.2, 0.25) is 0 Å². The second kappa shape index (κ2) is 8.03. The zero-order valence-electron chi connectivity index (χ0n) is 16.1. The fourth-order valence-corrected chi connectivity index (χ4v) is 2.88. The van der Waals surface area contributed by atoms with Crippen LogP contribution < -0.4 is 5.32 Å². The van der Waals surface area contributed by atoms with Gasteiger partial charge < -0.3 is 10.2 Å². The van der Waals surface area contributed by atoms with Crippen LogP contribution in [-0.2, 0) is 13.6 Å². The van der Waals surface area contributed by atoms with E-state index in [4.69, 9.17) is 0 Å². The number of nitrogens with one attached hydrogen (secondary N) is 1. The molecule has 0 fully saturated rings. The van der Waals surface area contributed by atoms with Crippen molar-refractivity contribution in [2.75, 3.05) is 7.05 Å². The third kappa shape index (κ3) is 4.33. The second-order valence-corrected chi connectivity index (χ2v) is 6.89. The van der Waals surface area contributed by atoms with Crippen molar-refractivity contribution in [3.05, 3.63) is 60.4 Å². The lowest BCUT2D eigenvalue weighted by atomic mass is 10.0. The van der Waals surface area contributed by atoms with Crippen molar-refractivity contribution >= 4 is 6.03 Å². The Hall–Kier alpha value is -3.16. The number of carbonyl (C=O) groups excluding carboxylic acids is 1. The zero-order valence-corrected chi connectivity index (χ0v) is 16.1. The molecule has 8 nitrogen and oxygen atoms in total. The number of nitrogens with zero attached hydrogens (tertiary/aromatic N) is 6. The Morgan fingerprint density at radius 3 is 2.52 bits per heavy atom. The minimum atomic E-state index is -0.199. The molecule has 0 spiro atoms. The average molecular weight is 367 g/mol. The Labute approximate surface area is 158 Å². The van der Waals surface area contributed by atoms with Gasteiger partial charge in [0.25, 0.3) is 0 Å². The monoisotopic (exact) mass is 367 g/mol. The maximum absolute atomic E-state index is 12.7. The predicted octanol–water partition coefficient (Wildman–Crippen LogP) is 2.54. The third-order valence-corrected chi connectivity index (χ3v) is 4.44. The first kappa shape index (κ1) is 18.6. The molecule has 8 heteroatoms. The number of rotatable bonds is 6. The van der Waals surface area contributed by atoms with Crippen molar-refractivity contribution in [3.63, 3.8) is 0 Å². The van der Waals surface area contributed by atoms with Crippen molar-refractivity contribution in [1.82, 2.24) is 34.8 Å². The summed E-state index contributed by atoms with van der Waals surface area (Å²) >= 11 is 0. The van der Waals surface area contributed by atoms with Crippen LogP contribution in [0, 0.1) is 5.92 Å². The summed E-state index contributed by atoms with van der Waals surface area (Å²) in [4.78, 5) is 18.6. The topological polar surface area (TPSA) is 80.9 Å². The molecule has 3 aromatic rings. The maximum Gasteiger partial charge on any atom is 0.318 e. The molecule has 0 bridgehead atoms. The molecule has 0 radical (unpaired) electrons. The van der Waals surface area contributed by atoms with E-state index in [0.29, 0.717) is 6.54 Å². The molecular weight excluding hydrogens is 342 g/mol. The molecule has 3 rings (SSSR count). The summed E-state index contributed by atoms with van der Waals surface area (Å²) in [6.45, 7) is 4.61. The number of aromatic nitrogens is 5. The van der Waals surface area contributed by atoms with E-state index >= 15 is 0 Å².